The number of rotatable bonds is 5. The average molecular weight is 396 g/mol. The second kappa shape index (κ2) is 9.52. The summed E-state index contributed by atoms with van der Waals surface area (Å²) in [5.74, 6) is 0.895. The minimum absolute atomic E-state index is 0. The van der Waals surface area contributed by atoms with Crippen molar-refractivity contribution >= 4 is 41.3 Å². The fraction of sp³-hybridized carbons (Fsp3) is 0.692. The molecule has 2 N–H and O–H groups in total. The van der Waals surface area contributed by atoms with Crippen molar-refractivity contribution in [3.05, 3.63) is 15.6 Å². The van der Waals surface area contributed by atoms with E-state index in [1.165, 1.54) is 4.88 Å². The van der Waals surface area contributed by atoms with Gasteiger partial charge in [0.15, 0.2) is 5.96 Å². The zero-order valence-corrected chi connectivity index (χ0v) is 15.6. The maximum atomic E-state index is 4.57. The molecule has 0 aliphatic heterocycles. The van der Waals surface area contributed by atoms with E-state index >= 15 is 0 Å². The standard InChI is InChI=1S/C13H24N4S.HI/c1-6-14-13(16-9(2)3)15-8-7-12-10(4)17-11(5)18-12;/h9H,6-8H2,1-5H3,(H2,14,15,16);1H. The summed E-state index contributed by atoms with van der Waals surface area (Å²) in [6.45, 7) is 12.1. The monoisotopic (exact) mass is 396 g/mol. The molecule has 6 heteroatoms. The average Bonchev–Trinajstić information content (AvgIpc) is 2.57. The van der Waals surface area contributed by atoms with Crippen molar-refractivity contribution in [3.63, 3.8) is 0 Å². The number of nitrogens with one attached hydrogen (secondary N) is 2. The minimum Gasteiger partial charge on any atom is -0.357 e. The van der Waals surface area contributed by atoms with Gasteiger partial charge in [-0.3, -0.25) is 4.99 Å². The predicted molar refractivity (Wildman–Crippen MR) is 95.0 cm³/mol. The lowest BCUT2D eigenvalue weighted by molar-refractivity contribution is 0.700. The lowest BCUT2D eigenvalue weighted by Gasteiger charge is -2.13. The molecular weight excluding hydrogens is 371 g/mol. The van der Waals surface area contributed by atoms with Crippen LogP contribution in [0.4, 0.5) is 0 Å². The van der Waals surface area contributed by atoms with E-state index < -0.39 is 0 Å². The summed E-state index contributed by atoms with van der Waals surface area (Å²) in [5.41, 5.74) is 1.15. The molecule has 1 rings (SSSR count). The quantitative estimate of drug-likeness (QED) is 0.457. The molecule has 1 aromatic rings. The van der Waals surface area contributed by atoms with Crippen molar-refractivity contribution in [2.75, 3.05) is 13.1 Å². The predicted octanol–water partition coefficient (Wildman–Crippen LogP) is 2.88. The molecule has 4 nitrogen and oxygen atoms in total. The Labute approximate surface area is 137 Å². The third-order valence-electron chi connectivity index (χ3n) is 2.38. The van der Waals surface area contributed by atoms with Crippen molar-refractivity contribution in [2.24, 2.45) is 4.99 Å². The summed E-state index contributed by atoms with van der Waals surface area (Å²) in [4.78, 5) is 10.3. The van der Waals surface area contributed by atoms with Crippen molar-refractivity contribution in [1.82, 2.24) is 15.6 Å². The van der Waals surface area contributed by atoms with Gasteiger partial charge < -0.3 is 10.6 Å². The number of aryl methyl sites for hydroxylation is 2. The van der Waals surface area contributed by atoms with Crippen molar-refractivity contribution in [2.45, 2.75) is 47.1 Å². The van der Waals surface area contributed by atoms with Gasteiger partial charge >= 0.3 is 0 Å². The number of aliphatic imine (C=N–C) groups is 1. The fourth-order valence-corrected chi connectivity index (χ4v) is 2.59. The normalized spacial score (nSPS) is 11.4. The lowest BCUT2D eigenvalue weighted by atomic mass is 10.3. The molecule has 0 saturated heterocycles. The SMILES string of the molecule is CCNC(=NCCc1sc(C)nc1C)NC(C)C.I. The fourth-order valence-electron chi connectivity index (χ4n) is 1.67. The first kappa shape index (κ1) is 18.6. The summed E-state index contributed by atoms with van der Waals surface area (Å²) in [6, 6.07) is 0.398. The Kier molecular flexibility index (Phi) is 9.34. The van der Waals surface area contributed by atoms with E-state index in [-0.39, 0.29) is 24.0 Å². The Morgan fingerprint density at radius 3 is 2.53 bits per heavy atom. The van der Waals surface area contributed by atoms with Crippen molar-refractivity contribution < 1.29 is 0 Å². The van der Waals surface area contributed by atoms with E-state index in [1.807, 2.05) is 0 Å². The molecule has 0 unspecified atom stereocenters. The highest BCUT2D eigenvalue weighted by atomic mass is 127. The van der Waals surface area contributed by atoms with E-state index in [0.717, 1.165) is 36.2 Å². The third kappa shape index (κ3) is 7.10. The highest BCUT2D eigenvalue weighted by molar-refractivity contribution is 14.0. The van der Waals surface area contributed by atoms with Gasteiger partial charge in [0, 0.05) is 30.4 Å². The molecule has 0 atom stereocenters. The number of halogens is 1. The van der Waals surface area contributed by atoms with Crippen LogP contribution >= 0.6 is 35.3 Å². The molecule has 0 aromatic carbocycles. The van der Waals surface area contributed by atoms with Crippen LogP contribution in [0.1, 0.15) is 36.3 Å². The van der Waals surface area contributed by atoms with Gasteiger partial charge in [-0.25, -0.2) is 4.98 Å². The first-order valence-electron chi connectivity index (χ1n) is 6.50. The number of aromatic nitrogens is 1. The van der Waals surface area contributed by atoms with Gasteiger partial charge in [-0.1, -0.05) is 0 Å². The van der Waals surface area contributed by atoms with Crippen LogP contribution in [-0.4, -0.2) is 30.1 Å². The molecule has 0 aliphatic rings. The van der Waals surface area contributed by atoms with E-state index in [0.29, 0.717) is 6.04 Å². The number of guanidine groups is 1. The zero-order valence-electron chi connectivity index (χ0n) is 12.4. The maximum absolute atomic E-state index is 4.57. The van der Waals surface area contributed by atoms with Crippen LogP contribution in [-0.2, 0) is 6.42 Å². The summed E-state index contributed by atoms with van der Waals surface area (Å²) >= 11 is 1.77. The maximum Gasteiger partial charge on any atom is 0.191 e. The second-order valence-electron chi connectivity index (χ2n) is 4.55. The van der Waals surface area contributed by atoms with Gasteiger partial charge in [0.1, 0.15) is 0 Å². The molecule has 1 aromatic heterocycles. The molecule has 0 aliphatic carbocycles. The Balaban J connectivity index is 0.00000324. The number of hydrogen-bond acceptors (Lipinski definition) is 3. The summed E-state index contributed by atoms with van der Waals surface area (Å²) in [5, 5.41) is 7.70. The molecule has 19 heavy (non-hydrogen) atoms. The zero-order chi connectivity index (χ0) is 13.5. The molecular formula is C13H25IN4S. The Hall–Kier alpha value is -0.370. The van der Waals surface area contributed by atoms with Crippen LogP contribution < -0.4 is 10.6 Å². The van der Waals surface area contributed by atoms with E-state index in [4.69, 9.17) is 0 Å². The smallest absolute Gasteiger partial charge is 0.191 e. The van der Waals surface area contributed by atoms with Crippen LogP contribution in [0.5, 0.6) is 0 Å². The van der Waals surface area contributed by atoms with Crippen LogP contribution in [0.15, 0.2) is 4.99 Å². The Bertz CT molecular complexity index is 401. The molecule has 0 amide bonds. The number of thiazole rings is 1. The van der Waals surface area contributed by atoms with Crippen molar-refractivity contribution in [1.29, 1.82) is 0 Å². The molecule has 0 bridgehead atoms. The molecule has 0 radical (unpaired) electrons. The van der Waals surface area contributed by atoms with Crippen molar-refractivity contribution in [3.8, 4) is 0 Å². The Morgan fingerprint density at radius 2 is 2.05 bits per heavy atom. The first-order valence-corrected chi connectivity index (χ1v) is 7.32. The van der Waals surface area contributed by atoms with E-state index in [1.54, 1.807) is 11.3 Å². The molecule has 0 spiro atoms. The topological polar surface area (TPSA) is 49.3 Å². The highest BCUT2D eigenvalue weighted by Gasteiger charge is 2.04. The summed E-state index contributed by atoms with van der Waals surface area (Å²) in [7, 11) is 0. The summed E-state index contributed by atoms with van der Waals surface area (Å²) < 4.78 is 0. The first-order chi connectivity index (χ1) is 8.52. The van der Waals surface area contributed by atoms with Gasteiger partial charge in [-0.15, -0.1) is 35.3 Å². The van der Waals surface area contributed by atoms with Crippen LogP contribution in [0.25, 0.3) is 0 Å². The van der Waals surface area contributed by atoms with E-state index in [9.17, 15) is 0 Å². The third-order valence-corrected chi connectivity index (χ3v) is 3.51. The minimum atomic E-state index is 0. The molecule has 0 fully saturated rings. The second-order valence-corrected chi connectivity index (χ2v) is 5.84. The van der Waals surface area contributed by atoms with Gasteiger partial charge in [0.25, 0.3) is 0 Å². The largest absolute Gasteiger partial charge is 0.357 e. The number of nitrogens with zero attached hydrogens (tertiary/aromatic N) is 2. The van der Waals surface area contributed by atoms with Gasteiger partial charge in [-0.2, -0.15) is 0 Å². The van der Waals surface area contributed by atoms with Gasteiger partial charge in [0.05, 0.1) is 10.7 Å². The van der Waals surface area contributed by atoms with Gasteiger partial charge in [0.2, 0.25) is 0 Å². The van der Waals surface area contributed by atoms with Gasteiger partial charge in [-0.05, 0) is 34.6 Å². The molecule has 110 valence electrons. The highest BCUT2D eigenvalue weighted by Crippen LogP contribution is 2.17. The van der Waals surface area contributed by atoms with E-state index in [2.05, 4.69) is 55.2 Å². The molecule has 1 heterocycles. The van der Waals surface area contributed by atoms with Crippen LogP contribution in [0.3, 0.4) is 0 Å². The van der Waals surface area contributed by atoms with Crippen LogP contribution in [0, 0.1) is 13.8 Å². The molecule has 0 saturated carbocycles. The van der Waals surface area contributed by atoms with Crippen LogP contribution in [0.2, 0.25) is 0 Å². The Morgan fingerprint density at radius 1 is 1.37 bits per heavy atom. The summed E-state index contributed by atoms with van der Waals surface area (Å²) in [6.07, 6.45) is 0.964. The number of hydrogen-bond donors (Lipinski definition) is 2. The lowest BCUT2D eigenvalue weighted by Crippen LogP contribution is -2.41.